The highest BCUT2D eigenvalue weighted by atomic mass is 35.5. The second-order valence-electron chi connectivity index (χ2n) is 6.77. The molecule has 30 heavy (non-hydrogen) atoms. The molecule has 1 unspecified atom stereocenters. The average molecular weight is 428 g/mol. The number of nitrogens with two attached hydrogens (primary N) is 1. The van der Waals surface area contributed by atoms with Gasteiger partial charge >= 0.3 is 5.97 Å². The molecule has 3 rings (SSSR count). The second-order valence-corrected chi connectivity index (χ2v) is 7.13. The van der Waals surface area contributed by atoms with E-state index in [0.29, 0.717) is 11.1 Å². The van der Waals surface area contributed by atoms with Gasteiger partial charge < -0.3 is 19.9 Å². The van der Waals surface area contributed by atoms with Crippen molar-refractivity contribution >= 4 is 28.5 Å². The van der Waals surface area contributed by atoms with Gasteiger partial charge in [-0.25, -0.2) is 9.78 Å². The van der Waals surface area contributed by atoms with Gasteiger partial charge in [-0.2, -0.15) is 5.26 Å². The van der Waals surface area contributed by atoms with Crippen molar-refractivity contribution in [3.63, 3.8) is 0 Å². The number of esters is 1. The predicted molar refractivity (Wildman–Crippen MR) is 112 cm³/mol. The summed E-state index contributed by atoms with van der Waals surface area (Å²) in [5.74, 6) is -1.31. The molecule has 1 aliphatic rings. The van der Waals surface area contributed by atoms with Crippen molar-refractivity contribution in [2.45, 2.75) is 26.2 Å². The normalized spacial score (nSPS) is 16.4. The fourth-order valence-corrected chi connectivity index (χ4v) is 3.65. The minimum atomic E-state index is -0.853. The number of nitriles is 1. The van der Waals surface area contributed by atoms with Crippen molar-refractivity contribution < 1.29 is 19.0 Å². The Morgan fingerprint density at radius 1 is 1.37 bits per heavy atom. The summed E-state index contributed by atoms with van der Waals surface area (Å²) in [5.41, 5.74) is 8.53. The summed E-state index contributed by atoms with van der Waals surface area (Å²) < 4.78 is 15.7. The van der Waals surface area contributed by atoms with Gasteiger partial charge in [0.15, 0.2) is 0 Å². The van der Waals surface area contributed by atoms with Gasteiger partial charge in [-0.1, -0.05) is 24.6 Å². The van der Waals surface area contributed by atoms with E-state index in [2.05, 4.69) is 11.9 Å². The van der Waals surface area contributed by atoms with Crippen LogP contribution >= 0.6 is 11.6 Å². The predicted octanol–water partition coefficient (Wildman–Crippen LogP) is 3.72. The van der Waals surface area contributed by atoms with Gasteiger partial charge in [-0.15, -0.1) is 0 Å². The molecule has 0 fully saturated rings. The Kier molecular flexibility index (Phi) is 6.60. The lowest BCUT2D eigenvalue weighted by molar-refractivity contribution is -0.140. The minimum absolute atomic E-state index is 0.0590. The standard InChI is InChI=1S/C22H22ClN3O4/c1-4-13-5-6-17-14(9-13)10-15(20(23)26-17)19-16(11-24)21(25)30-12(2)18(19)22(27)29-8-7-28-3/h5-6,9-10,19H,4,7-8,25H2,1-3H3. The smallest absolute Gasteiger partial charge is 0.338 e. The van der Waals surface area contributed by atoms with Crippen LogP contribution in [0.3, 0.4) is 0 Å². The fraction of sp³-hybridized carbons (Fsp3) is 0.318. The molecule has 0 saturated heterocycles. The zero-order chi connectivity index (χ0) is 21.8. The lowest BCUT2D eigenvalue weighted by Gasteiger charge is -2.27. The maximum atomic E-state index is 12.9. The molecule has 1 atom stereocenters. The van der Waals surface area contributed by atoms with Crippen LogP contribution in [-0.2, 0) is 25.4 Å². The molecule has 7 nitrogen and oxygen atoms in total. The van der Waals surface area contributed by atoms with Crippen LogP contribution in [0, 0.1) is 11.3 Å². The quantitative estimate of drug-likeness (QED) is 0.425. The molecule has 8 heteroatoms. The van der Waals surface area contributed by atoms with E-state index in [0.717, 1.165) is 17.4 Å². The van der Waals surface area contributed by atoms with Gasteiger partial charge in [0.1, 0.15) is 29.2 Å². The monoisotopic (exact) mass is 427 g/mol. The molecule has 2 N–H and O–H groups in total. The molecule has 156 valence electrons. The van der Waals surface area contributed by atoms with E-state index in [9.17, 15) is 10.1 Å². The molecule has 0 spiro atoms. The summed E-state index contributed by atoms with van der Waals surface area (Å²) in [4.78, 5) is 17.3. The molecule has 1 aliphatic heterocycles. The first-order valence-corrected chi connectivity index (χ1v) is 9.82. The molecule has 1 aromatic heterocycles. The number of pyridine rings is 1. The molecule has 0 saturated carbocycles. The number of aryl methyl sites for hydroxylation is 1. The Morgan fingerprint density at radius 3 is 2.80 bits per heavy atom. The van der Waals surface area contributed by atoms with E-state index in [4.69, 9.17) is 31.5 Å². The van der Waals surface area contributed by atoms with Crippen molar-refractivity contribution in [3.8, 4) is 6.07 Å². The number of hydrogen-bond donors (Lipinski definition) is 1. The van der Waals surface area contributed by atoms with E-state index in [1.54, 1.807) is 6.92 Å². The number of hydrogen-bond acceptors (Lipinski definition) is 7. The molecular weight excluding hydrogens is 406 g/mol. The average Bonchev–Trinajstić information content (AvgIpc) is 2.72. The zero-order valence-corrected chi connectivity index (χ0v) is 17.7. The van der Waals surface area contributed by atoms with Gasteiger partial charge in [0.05, 0.1) is 23.6 Å². The minimum Gasteiger partial charge on any atom is -0.460 e. The second kappa shape index (κ2) is 9.16. The van der Waals surface area contributed by atoms with Gasteiger partial charge in [-0.05, 0) is 37.1 Å². The Bertz CT molecular complexity index is 1100. The highest BCUT2D eigenvalue weighted by molar-refractivity contribution is 6.30. The van der Waals surface area contributed by atoms with Crippen molar-refractivity contribution in [1.82, 2.24) is 4.98 Å². The van der Waals surface area contributed by atoms with Crippen LogP contribution in [0.4, 0.5) is 0 Å². The van der Waals surface area contributed by atoms with E-state index in [-0.39, 0.29) is 41.2 Å². The van der Waals surface area contributed by atoms with Crippen molar-refractivity contribution in [2.24, 2.45) is 5.73 Å². The number of benzene rings is 1. The molecule has 1 aromatic carbocycles. The van der Waals surface area contributed by atoms with Crippen molar-refractivity contribution in [3.05, 3.63) is 63.3 Å². The van der Waals surface area contributed by atoms with Gasteiger partial charge in [0.2, 0.25) is 5.88 Å². The third-order valence-corrected chi connectivity index (χ3v) is 5.23. The first-order chi connectivity index (χ1) is 14.4. The molecule has 0 radical (unpaired) electrons. The maximum Gasteiger partial charge on any atom is 0.338 e. The van der Waals surface area contributed by atoms with Gasteiger partial charge in [0.25, 0.3) is 0 Å². The van der Waals surface area contributed by atoms with Crippen molar-refractivity contribution in [1.29, 1.82) is 5.26 Å². The Labute approximate surface area is 179 Å². The number of halogens is 1. The summed E-state index contributed by atoms with van der Waals surface area (Å²) in [6.45, 7) is 3.95. The van der Waals surface area contributed by atoms with Crippen LogP contribution in [0.5, 0.6) is 0 Å². The number of methoxy groups -OCH3 is 1. The number of carbonyl (C=O) groups is 1. The zero-order valence-electron chi connectivity index (χ0n) is 17.0. The molecule has 0 bridgehead atoms. The summed E-state index contributed by atoms with van der Waals surface area (Å²) in [5, 5.41) is 10.8. The maximum absolute atomic E-state index is 12.9. The third-order valence-electron chi connectivity index (χ3n) is 4.93. The number of ether oxygens (including phenoxy) is 3. The van der Waals surface area contributed by atoms with E-state index < -0.39 is 11.9 Å². The lowest BCUT2D eigenvalue weighted by Crippen LogP contribution is -2.26. The highest BCUT2D eigenvalue weighted by Crippen LogP contribution is 2.42. The number of allylic oxidation sites excluding steroid dienone is 2. The van der Waals surface area contributed by atoms with Gasteiger partial charge in [-0.3, -0.25) is 0 Å². The van der Waals surface area contributed by atoms with Crippen LogP contribution in [0.25, 0.3) is 10.9 Å². The van der Waals surface area contributed by atoms with Crippen LogP contribution in [-0.4, -0.2) is 31.3 Å². The van der Waals surface area contributed by atoms with E-state index in [1.807, 2.05) is 30.3 Å². The molecule has 2 aromatic rings. The van der Waals surface area contributed by atoms with Crippen LogP contribution in [0.15, 0.2) is 47.1 Å². The summed E-state index contributed by atoms with van der Waals surface area (Å²) in [7, 11) is 1.51. The number of rotatable bonds is 6. The SMILES string of the molecule is CCc1ccc2nc(Cl)c(C3C(C#N)=C(N)OC(C)=C3C(=O)OCCOC)cc2c1. The van der Waals surface area contributed by atoms with Gasteiger partial charge in [0, 0.05) is 18.1 Å². The fourth-order valence-electron chi connectivity index (χ4n) is 3.39. The summed E-state index contributed by atoms with van der Waals surface area (Å²) >= 11 is 6.51. The van der Waals surface area contributed by atoms with Crippen LogP contribution in [0.1, 0.15) is 30.9 Å². The Balaban J connectivity index is 2.17. The number of carbonyl (C=O) groups excluding carboxylic acids is 1. The number of nitrogens with zero attached hydrogens (tertiary/aromatic N) is 2. The van der Waals surface area contributed by atoms with Crippen molar-refractivity contribution in [2.75, 3.05) is 20.3 Å². The van der Waals surface area contributed by atoms with Crippen LogP contribution in [0.2, 0.25) is 5.15 Å². The molecule has 2 heterocycles. The Hall–Kier alpha value is -3.08. The first-order valence-electron chi connectivity index (χ1n) is 9.44. The lowest BCUT2D eigenvalue weighted by atomic mass is 9.83. The molecule has 0 amide bonds. The Morgan fingerprint density at radius 2 is 2.13 bits per heavy atom. The largest absolute Gasteiger partial charge is 0.460 e. The van der Waals surface area contributed by atoms with Crippen LogP contribution < -0.4 is 5.73 Å². The first kappa shape index (κ1) is 21.6. The molecular formula is C22H22ClN3O4. The highest BCUT2D eigenvalue weighted by Gasteiger charge is 2.38. The molecule has 0 aliphatic carbocycles. The third kappa shape index (κ3) is 4.11. The number of fused-ring (bicyclic) bond motifs is 1. The van der Waals surface area contributed by atoms with E-state index >= 15 is 0 Å². The number of aromatic nitrogens is 1. The summed E-state index contributed by atoms with van der Waals surface area (Å²) in [6.07, 6.45) is 0.859. The topological polar surface area (TPSA) is 107 Å². The van der Waals surface area contributed by atoms with E-state index in [1.165, 1.54) is 7.11 Å². The summed E-state index contributed by atoms with van der Waals surface area (Å²) in [6, 6.07) is 9.77.